The van der Waals surface area contributed by atoms with Crippen LogP contribution in [0.1, 0.15) is 5.56 Å². The Balaban J connectivity index is 2.57. The van der Waals surface area contributed by atoms with Gasteiger partial charge in [-0.2, -0.15) is 0 Å². The van der Waals surface area contributed by atoms with Crippen molar-refractivity contribution >= 4 is 0 Å². The fraction of sp³-hybridized carbons (Fsp3) is 0.400. The Bertz CT molecular complexity index is 236. The van der Waals surface area contributed by atoms with Crippen molar-refractivity contribution in [1.82, 2.24) is 5.32 Å². The first-order valence-corrected chi connectivity index (χ1v) is 4.23. The van der Waals surface area contributed by atoms with Crippen molar-refractivity contribution in [2.45, 2.75) is 18.9 Å². The summed E-state index contributed by atoms with van der Waals surface area (Å²) in [4.78, 5) is 0. The minimum absolute atomic E-state index is 0.370. The van der Waals surface area contributed by atoms with Crippen LogP contribution in [0.25, 0.3) is 0 Å². The average molecular weight is 185 g/mol. The minimum Gasteiger partial charge on any atom is -0.312 e. The number of nitrogens with one attached hydrogen (secondary N) is 1. The zero-order valence-corrected chi connectivity index (χ0v) is 7.50. The normalized spacial score (nSPS) is 13.2. The summed E-state index contributed by atoms with van der Waals surface area (Å²) in [5.41, 5.74) is 0.933. The largest absolute Gasteiger partial charge is 0.312 e. The molecule has 0 heterocycles. The van der Waals surface area contributed by atoms with E-state index in [0.29, 0.717) is 6.42 Å². The third-order valence-electron chi connectivity index (χ3n) is 1.97. The Morgan fingerprint density at radius 1 is 1.23 bits per heavy atom. The van der Waals surface area contributed by atoms with Gasteiger partial charge >= 0.3 is 0 Å². The van der Waals surface area contributed by atoms with E-state index in [1.165, 1.54) is 0 Å². The SMILES string of the molecule is CNC(Cc1ccccc1)C(F)F. The average Bonchev–Trinajstić information content (AvgIpc) is 2.15. The Kier molecular flexibility index (Phi) is 3.83. The third-order valence-corrected chi connectivity index (χ3v) is 1.97. The number of likely N-dealkylation sites (N-methyl/N-ethyl adjacent to an activating group) is 1. The molecule has 72 valence electrons. The van der Waals surface area contributed by atoms with E-state index in [2.05, 4.69) is 5.32 Å². The van der Waals surface area contributed by atoms with Gasteiger partial charge in [-0.1, -0.05) is 30.3 Å². The molecule has 0 aliphatic carbocycles. The van der Waals surface area contributed by atoms with Crippen molar-refractivity contribution in [2.24, 2.45) is 0 Å². The minimum atomic E-state index is -2.31. The van der Waals surface area contributed by atoms with Crippen LogP contribution in [0, 0.1) is 0 Å². The fourth-order valence-electron chi connectivity index (χ4n) is 1.19. The molecule has 1 aromatic carbocycles. The first-order valence-electron chi connectivity index (χ1n) is 4.23. The second-order valence-corrected chi connectivity index (χ2v) is 2.92. The molecule has 0 saturated carbocycles. The second-order valence-electron chi connectivity index (χ2n) is 2.92. The van der Waals surface area contributed by atoms with Crippen LogP contribution in [0.4, 0.5) is 8.78 Å². The van der Waals surface area contributed by atoms with Gasteiger partial charge in [-0.05, 0) is 19.0 Å². The Morgan fingerprint density at radius 2 is 1.85 bits per heavy atom. The third kappa shape index (κ3) is 3.11. The van der Waals surface area contributed by atoms with Crippen LogP contribution in [0.5, 0.6) is 0 Å². The molecule has 0 bridgehead atoms. The van der Waals surface area contributed by atoms with Gasteiger partial charge in [-0.3, -0.25) is 0 Å². The van der Waals surface area contributed by atoms with E-state index in [9.17, 15) is 8.78 Å². The van der Waals surface area contributed by atoms with E-state index in [0.717, 1.165) is 5.56 Å². The summed E-state index contributed by atoms with van der Waals surface area (Å²) in [5.74, 6) is 0. The summed E-state index contributed by atoms with van der Waals surface area (Å²) in [5, 5.41) is 2.60. The smallest absolute Gasteiger partial charge is 0.254 e. The number of rotatable bonds is 4. The van der Waals surface area contributed by atoms with Crippen molar-refractivity contribution in [1.29, 1.82) is 0 Å². The maximum atomic E-state index is 12.3. The Morgan fingerprint density at radius 3 is 2.31 bits per heavy atom. The molecule has 1 unspecified atom stereocenters. The van der Waals surface area contributed by atoms with E-state index in [1.54, 1.807) is 7.05 Å². The highest BCUT2D eigenvalue weighted by Gasteiger charge is 2.17. The maximum Gasteiger partial charge on any atom is 0.254 e. The first-order chi connectivity index (χ1) is 6.24. The summed E-state index contributed by atoms with van der Waals surface area (Å²) >= 11 is 0. The molecular weight excluding hydrogens is 172 g/mol. The highest BCUT2D eigenvalue weighted by atomic mass is 19.3. The van der Waals surface area contributed by atoms with E-state index in [-0.39, 0.29) is 0 Å². The van der Waals surface area contributed by atoms with E-state index in [4.69, 9.17) is 0 Å². The second kappa shape index (κ2) is 4.92. The molecule has 1 N–H and O–H groups in total. The topological polar surface area (TPSA) is 12.0 Å². The molecule has 1 aromatic rings. The number of halogens is 2. The number of alkyl halides is 2. The highest BCUT2D eigenvalue weighted by Crippen LogP contribution is 2.08. The lowest BCUT2D eigenvalue weighted by Gasteiger charge is -2.14. The summed E-state index contributed by atoms with van der Waals surface area (Å²) in [7, 11) is 1.56. The first kappa shape index (κ1) is 10.1. The van der Waals surface area contributed by atoms with Crippen molar-refractivity contribution < 1.29 is 8.78 Å². The van der Waals surface area contributed by atoms with Gasteiger partial charge in [-0.25, -0.2) is 8.78 Å². The molecule has 0 aromatic heterocycles. The van der Waals surface area contributed by atoms with Crippen LogP contribution >= 0.6 is 0 Å². The molecule has 3 heteroatoms. The summed E-state index contributed by atoms with van der Waals surface area (Å²) in [6.07, 6.45) is -1.94. The van der Waals surface area contributed by atoms with Crippen LogP contribution in [-0.2, 0) is 6.42 Å². The molecule has 1 atom stereocenters. The molecule has 0 radical (unpaired) electrons. The molecular formula is C10H13F2N. The van der Waals surface area contributed by atoms with Gasteiger partial charge in [0.05, 0.1) is 6.04 Å². The maximum absolute atomic E-state index is 12.3. The predicted molar refractivity (Wildman–Crippen MR) is 49.0 cm³/mol. The highest BCUT2D eigenvalue weighted by molar-refractivity contribution is 5.15. The van der Waals surface area contributed by atoms with Gasteiger partial charge in [0.25, 0.3) is 6.43 Å². The predicted octanol–water partition coefficient (Wildman–Crippen LogP) is 2.08. The Hall–Kier alpha value is -0.960. The molecule has 1 rings (SSSR count). The lowest BCUT2D eigenvalue weighted by atomic mass is 10.1. The van der Waals surface area contributed by atoms with Crippen molar-refractivity contribution in [3.8, 4) is 0 Å². The van der Waals surface area contributed by atoms with Gasteiger partial charge < -0.3 is 5.32 Å². The monoisotopic (exact) mass is 185 g/mol. The van der Waals surface area contributed by atoms with Crippen LogP contribution in [0.3, 0.4) is 0 Å². The standard InChI is InChI=1S/C10H13F2N/c1-13-9(10(11)12)7-8-5-3-2-4-6-8/h2-6,9-10,13H,7H2,1H3. The molecule has 1 nitrogen and oxygen atoms in total. The van der Waals surface area contributed by atoms with Crippen LogP contribution in [0.15, 0.2) is 30.3 Å². The molecule has 0 aliphatic rings. The van der Waals surface area contributed by atoms with Gasteiger partial charge in [0.1, 0.15) is 0 Å². The quantitative estimate of drug-likeness (QED) is 0.757. The van der Waals surface area contributed by atoms with E-state index in [1.807, 2.05) is 30.3 Å². The van der Waals surface area contributed by atoms with Crippen molar-refractivity contribution in [3.05, 3.63) is 35.9 Å². The lowest BCUT2D eigenvalue weighted by Crippen LogP contribution is -2.34. The van der Waals surface area contributed by atoms with Crippen LogP contribution in [-0.4, -0.2) is 19.5 Å². The number of benzene rings is 1. The van der Waals surface area contributed by atoms with Crippen molar-refractivity contribution in [2.75, 3.05) is 7.05 Å². The summed E-state index contributed by atoms with van der Waals surface area (Å²) in [6, 6.07) is 8.54. The zero-order chi connectivity index (χ0) is 9.68. The molecule has 0 fully saturated rings. The van der Waals surface area contributed by atoms with Gasteiger partial charge in [-0.15, -0.1) is 0 Å². The van der Waals surface area contributed by atoms with Crippen molar-refractivity contribution in [3.63, 3.8) is 0 Å². The van der Waals surface area contributed by atoms with E-state index >= 15 is 0 Å². The molecule has 0 saturated heterocycles. The number of hydrogen-bond acceptors (Lipinski definition) is 1. The zero-order valence-electron chi connectivity index (χ0n) is 7.50. The molecule has 13 heavy (non-hydrogen) atoms. The van der Waals surface area contributed by atoms with E-state index < -0.39 is 12.5 Å². The fourth-order valence-corrected chi connectivity index (χ4v) is 1.19. The van der Waals surface area contributed by atoms with Gasteiger partial charge in [0.2, 0.25) is 0 Å². The molecule has 0 amide bonds. The van der Waals surface area contributed by atoms with Gasteiger partial charge in [0.15, 0.2) is 0 Å². The lowest BCUT2D eigenvalue weighted by molar-refractivity contribution is 0.102. The summed E-state index contributed by atoms with van der Waals surface area (Å²) < 4.78 is 24.6. The van der Waals surface area contributed by atoms with Crippen LogP contribution < -0.4 is 5.32 Å². The van der Waals surface area contributed by atoms with Crippen LogP contribution in [0.2, 0.25) is 0 Å². The molecule has 0 spiro atoms. The summed E-state index contributed by atoms with van der Waals surface area (Å²) in [6.45, 7) is 0. The Labute approximate surface area is 76.8 Å². The number of hydrogen-bond donors (Lipinski definition) is 1. The molecule has 0 aliphatic heterocycles. The van der Waals surface area contributed by atoms with Gasteiger partial charge in [0, 0.05) is 0 Å².